The minimum atomic E-state index is -1.56. The fraction of sp³-hybridized carbons (Fsp3) is 0.379. The van der Waals surface area contributed by atoms with Crippen molar-refractivity contribution >= 4 is 58.7 Å². The van der Waals surface area contributed by atoms with Gasteiger partial charge in [-0.25, -0.2) is 14.8 Å². The number of fused-ring (bicyclic) bond motifs is 1. The van der Waals surface area contributed by atoms with Crippen LogP contribution in [0.4, 0.5) is 11.6 Å². The molecule has 50 heavy (non-hydrogen) atoms. The second-order valence-corrected chi connectivity index (χ2v) is 10.9. The van der Waals surface area contributed by atoms with Gasteiger partial charge in [-0.15, -0.1) is 0 Å². The van der Waals surface area contributed by atoms with Crippen molar-refractivity contribution < 1.29 is 39.0 Å². The zero-order valence-electron chi connectivity index (χ0n) is 26.5. The monoisotopic (exact) mass is 698 g/mol. The Morgan fingerprint density at radius 3 is 2.32 bits per heavy atom. The van der Waals surface area contributed by atoms with Gasteiger partial charge in [-0.3, -0.25) is 34.3 Å². The minimum absolute atomic E-state index is 0.0132. The van der Waals surface area contributed by atoms with Crippen molar-refractivity contribution in [2.75, 3.05) is 17.6 Å². The number of aromatic amines is 1. The maximum atomic E-state index is 12.8. The number of aldehydes is 1. The first-order valence-electron chi connectivity index (χ1n) is 15.2. The molecule has 0 aliphatic carbocycles. The van der Waals surface area contributed by atoms with E-state index in [1.807, 2.05) is 0 Å². The molecule has 14 N–H and O–H groups in total. The normalized spacial score (nSPS) is 12.8. The molecule has 1 aromatic carbocycles. The molecular formula is C29H38N12O9. The van der Waals surface area contributed by atoms with Crippen LogP contribution in [0.3, 0.4) is 0 Å². The van der Waals surface area contributed by atoms with Crippen molar-refractivity contribution in [1.29, 1.82) is 0 Å². The van der Waals surface area contributed by atoms with Crippen molar-refractivity contribution in [3.63, 3.8) is 0 Å². The van der Waals surface area contributed by atoms with Crippen LogP contribution in [-0.4, -0.2) is 97.1 Å². The van der Waals surface area contributed by atoms with E-state index in [9.17, 15) is 43.8 Å². The van der Waals surface area contributed by atoms with Gasteiger partial charge in [0.2, 0.25) is 17.8 Å². The molecule has 0 spiro atoms. The van der Waals surface area contributed by atoms with Crippen LogP contribution in [0.5, 0.6) is 0 Å². The maximum absolute atomic E-state index is 12.8. The molecular weight excluding hydrogens is 660 g/mol. The molecule has 0 saturated heterocycles. The molecule has 3 atom stereocenters. The summed E-state index contributed by atoms with van der Waals surface area (Å²) >= 11 is 0. The third-order valence-electron chi connectivity index (χ3n) is 6.96. The lowest BCUT2D eigenvalue weighted by Crippen LogP contribution is -2.51. The number of anilines is 2. The molecule has 3 aromatic rings. The van der Waals surface area contributed by atoms with Gasteiger partial charge >= 0.3 is 11.9 Å². The topological polar surface area (TPSA) is 353 Å². The summed E-state index contributed by atoms with van der Waals surface area (Å²) in [7, 11) is 0. The van der Waals surface area contributed by atoms with E-state index in [1.54, 1.807) is 12.1 Å². The van der Waals surface area contributed by atoms with E-state index in [2.05, 4.69) is 46.5 Å². The van der Waals surface area contributed by atoms with Crippen molar-refractivity contribution in [2.24, 2.45) is 11.5 Å². The van der Waals surface area contributed by atoms with E-state index in [4.69, 9.17) is 17.2 Å². The van der Waals surface area contributed by atoms with Crippen LogP contribution >= 0.6 is 0 Å². The highest BCUT2D eigenvalue weighted by Gasteiger charge is 2.27. The molecule has 0 aliphatic heterocycles. The van der Waals surface area contributed by atoms with Crippen LogP contribution < -0.4 is 49.3 Å². The minimum Gasteiger partial charge on any atom is -0.481 e. The molecule has 2 aromatic heterocycles. The Labute approximate surface area is 283 Å². The molecule has 268 valence electrons. The summed E-state index contributed by atoms with van der Waals surface area (Å²) in [4.78, 5) is 99.3. The summed E-state index contributed by atoms with van der Waals surface area (Å²) in [6.07, 6.45) is 0.0113. The summed E-state index contributed by atoms with van der Waals surface area (Å²) in [6.45, 7) is 0.511. The van der Waals surface area contributed by atoms with Gasteiger partial charge in [0.05, 0.1) is 30.9 Å². The number of carbonyl (C=O) groups is 6. The summed E-state index contributed by atoms with van der Waals surface area (Å²) in [6, 6.07) is 1.92. The lowest BCUT2D eigenvalue weighted by atomic mass is 10.1. The molecule has 3 amide bonds. The Hall–Kier alpha value is -6.06. The fourth-order valence-electron chi connectivity index (χ4n) is 4.46. The van der Waals surface area contributed by atoms with Gasteiger partial charge in [-0.05, 0) is 50.1 Å². The number of carbonyl (C=O) groups excluding carboxylic acids is 4. The third kappa shape index (κ3) is 12.2. The molecule has 0 bridgehead atoms. The molecule has 0 saturated carbocycles. The van der Waals surface area contributed by atoms with E-state index in [0.29, 0.717) is 30.6 Å². The van der Waals surface area contributed by atoms with Gasteiger partial charge in [0.25, 0.3) is 11.5 Å². The Kier molecular flexibility index (Phi) is 14.2. The summed E-state index contributed by atoms with van der Waals surface area (Å²) < 4.78 is 0. The first-order valence-corrected chi connectivity index (χ1v) is 15.2. The number of nitrogens with two attached hydrogens (primary N) is 3. The average Bonchev–Trinajstić information content (AvgIpc) is 3.06. The SMILES string of the molecule is Nc1nc2ncc(CNc3ccc(C(=O)N[C@@H](CCC(=O)N[C@@H](CC(=O)O)C(=O)N[C@H](C=O)CCCNC(N)N)C(=O)O)cc3)nc2c(=O)[nH]1. The Balaban J connectivity index is 1.52. The smallest absolute Gasteiger partial charge is 0.326 e. The highest BCUT2D eigenvalue weighted by Crippen LogP contribution is 2.12. The van der Waals surface area contributed by atoms with Crippen LogP contribution in [0, 0.1) is 0 Å². The van der Waals surface area contributed by atoms with E-state index in [1.165, 1.54) is 18.3 Å². The number of H-pyrrole nitrogens is 1. The Morgan fingerprint density at radius 1 is 0.960 bits per heavy atom. The zero-order valence-corrected chi connectivity index (χ0v) is 26.5. The number of amides is 3. The van der Waals surface area contributed by atoms with Gasteiger partial charge < -0.3 is 53.5 Å². The lowest BCUT2D eigenvalue weighted by molar-refractivity contribution is -0.140. The van der Waals surface area contributed by atoms with Crippen molar-refractivity contribution in [2.45, 2.75) is 63.1 Å². The number of nitrogens with one attached hydrogen (secondary N) is 6. The fourth-order valence-corrected chi connectivity index (χ4v) is 4.46. The largest absolute Gasteiger partial charge is 0.481 e. The predicted molar refractivity (Wildman–Crippen MR) is 176 cm³/mol. The molecule has 2 heterocycles. The second kappa shape index (κ2) is 18.5. The number of aliphatic carboxylic acids is 2. The maximum Gasteiger partial charge on any atom is 0.326 e. The molecule has 3 rings (SSSR count). The molecule has 0 radical (unpaired) electrons. The number of rotatable bonds is 20. The molecule has 0 fully saturated rings. The number of carboxylic acid groups (broad SMARTS) is 2. The van der Waals surface area contributed by atoms with Crippen LogP contribution in [0.15, 0.2) is 35.3 Å². The third-order valence-corrected chi connectivity index (χ3v) is 6.96. The molecule has 0 aliphatic rings. The highest BCUT2D eigenvalue weighted by atomic mass is 16.4. The second-order valence-electron chi connectivity index (χ2n) is 10.9. The average molecular weight is 699 g/mol. The first-order chi connectivity index (χ1) is 23.7. The van der Waals surface area contributed by atoms with Crippen molar-refractivity contribution in [3.8, 4) is 0 Å². The lowest BCUT2D eigenvalue weighted by Gasteiger charge is -2.20. The highest BCUT2D eigenvalue weighted by molar-refractivity contribution is 5.97. The number of hydrogen-bond acceptors (Lipinski definition) is 15. The zero-order chi connectivity index (χ0) is 36.8. The Bertz CT molecular complexity index is 1750. The summed E-state index contributed by atoms with van der Waals surface area (Å²) in [5, 5.41) is 31.6. The van der Waals surface area contributed by atoms with Crippen molar-refractivity contribution in [1.82, 2.24) is 41.2 Å². The van der Waals surface area contributed by atoms with Gasteiger partial charge in [0.15, 0.2) is 11.2 Å². The van der Waals surface area contributed by atoms with E-state index in [-0.39, 0.29) is 42.1 Å². The standard InChI is InChI=1S/C29H38N12O9/c30-28(31)33-9-1-2-16(13-42)37-25(47)19(10-21(44)45)38-20(43)8-7-18(27(49)50)39-24(46)14-3-5-15(6-4-14)34-11-17-12-35-23-22(36-17)26(48)41-29(32)40-23/h3-6,12-13,16,18-19,28,33-34H,1-2,7-11,30-31H2,(H,37,47)(H,38,43)(H,39,46)(H,44,45)(H,49,50)(H3,32,35,40,41,48)/t16-,18-,19-/m0/s1. The number of nitrogens with zero attached hydrogens (tertiary/aromatic N) is 3. The number of benzene rings is 1. The predicted octanol–water partition coefficient (Wildman–Crippen LogP) is -2.92. The molecule has 21 heteroatoms. The first kappa shape index (κ1) is 38.4. The van der Waals surface area contributed by atoms with Gasteiger partial charge in [0, 0.05) is 17.7 Å². The van der Waals surface area contributed by atoms with E-state index >= 15 is 0 Å². The van der Waals surface area contributed by atoms with Gasteiger partial charge in [0.1, 0.15) is 24.7 Å². The van der Waals surface area contributed by atoms with Crippen LogP contribution in [0.2, 0.25) is 0 Å². The van der Waals surface area contributed by atoms with E-state index < -0.39 is 72.5 Å². The van der Waals surface area contributed by atoms with Crippen molar-refractivity contribution in [3.05, 3.63) is 52.1 Å². The Morgan fingerprint density at radius 2 is 1.68 bits per heavy atom. The summed E-state index contributed by atoms with van der Waals surface area (Å²) in [5.74, 6) is -5.46. The number of aromatic nitrogens is 4. The van der Waals surface area contributed by atoms with Gasteiger partial charge in [-0.1, -0.05) is 0 Å². The van der Waals surface area contributed by atoms with Gasteiger partial charge in [-0.2, -0.15) is 4.98 Å². The quantitative estimate of drug-likeness (QED) is 0.0320. The van der Waals surface area contributed by atoms with Crippen LogP contribution in [0.25, 0.3) is 11.2 Å². The number of hydrogen-bond donors (Lipinski definition) is 11. The number of nitrogen functional groups attached to an aromatic ring is 1. The summed E-state index contributed by atoms with van der Waals surface area (Å²) in [5.41, 5.74) is 16.9. The molecule has 21 nitrogen and oxygen atoms in total. The van der Waals surface area contributed by atoms with E-state index in [0.717, 1.165) is 0 Å². The van der Waals surface area contributed by atoms with Crippen LogP contribution in [-0.2, 0) is 30.5 Å². The van der Waals surface area contributed by atoms with Crippen LogP contribution in [0.1, 0.15) is 48.2 Å². The number of carboxylic acids is 2. The molecule has 0 unspecified atom stereocenters.